The van der Waals surface area contributed by atoms with Crippen LogP contribution in [0.15, 0.2) is 24.3 Å². The number of amides is 1. The molecule has 2 N–H and O–H groups in total. The molecule has 1 saturated heterocycles. The molecule has 2 rings (SSSR count). The van der Waals surface area contributed by atoms with Crippen LogP contribution in [0.1, 0.15) is 24.0 Å². The average molecular weight is 290 g/mol. The van der Waals surface area contributed by atoms with Crippen molar-refractivity contribution in [2.24, 2.45) is 5.92 Å². The SMILES string of the molecule is CNC(=O)C[C@@H]1CCN(Cc2ccc(CC(=O)O)cc2)C1. The second kappa shape index (κ2) is 7.22. The molecule has 0 spiro atoms. The Morgan fingerprint density at radius 3 is 2.57 bits per heavy atom. The normalized spacial score (nSPS) is 18.6. The van der Waals surface area contributed by atoms with Crippen LogP contribution in [-0.4, -0.2) is 42.0 Å². The zero-order valence-electron chi connectivity index (χ0n) is 12.3. The standard InChI is InChI=1S/C16H22N2O3/c1-17-15(19)8-14-6-7-18(11-14)10-13-4-2-12(3-5-13)9-16(20)21/h2-5,14H,6-11H2,1H3,(H,17,19)(H,20,21)/t14-/m0/s1. The van der Waals surface area contributed by atoms with Gasteiger partial charge in [-0.15, -0.1) is 0 Å². The summed E-state index contributed by atoms with van der Waals surface area (Å²) in [5, 5.41) is 11.4. The number of hydrogen-bond acceptors (Lipinski definition) is 3. The highest BCUT2D eigenvalue weighted by Gasteiger charge is 2.24. The summed E-state index contributed by atoms with van der Waals surface area (Å²) in [5.41, 5.74) is 2.01. The minimum Gasteiger partial charge on any atom is -0.481 e. The lowest BCUT2D eigenvalue weighted by molar-refractivity contribution is -0.136. The van der Waals surface area contributed by atoms with E-state index >= 15 is 0 Å². The zero-order valence-corrected chi connectivity index (χ0v) is 12.3. The monoisotopic (exact) mass is 290 g/mol. The molecule has 0 radical (unpaired) electrons. The molecule has 1 fully saturated rings. The van der Waals surface area contributed by atoms with Gasteiger partial charge in [-0.2, -0.15) is 0 Å². The number of carboxylic acid groups (broad SMARTS) is 1. The van der Waals surface area contributed by atoms with Gasteiger partial charge in [0.15, 0.2) is 0 Å². The topological polar surface area (TPSA) is 69.6 Å². The highest BCUT2D eigenvalue weighted by Crippen LogP contribution is 2.21. The molecule has 0 bridgehead atoms. The van der Waals surface area contributed by atoms with Crippen LogP contribution in [0.5, 0.6) is 0 Å². The zero-order chi connectivity index (χ0) is 15.2. The first-order chi connectivity index (χ1) is 10.1. The Morgan fingerprint density at radius 2 is 1.95 bits per heavy atom. The predicted octanol–water partition coefficient (Wildman–Crippen LogP) is 1.27. The van der Waals surface area contributed by atoms with Gasteiger partial charge in [-0.1, -0.05) is 24.3 Å². The molecule has 1 aromatic carbocycles. The molecule has 0 aromatic heterocycles. The van der Waals surface area contributed by atoms with E-state index in [9.17, 15) is 9.59 Å². The molecule has 0 unspecified atom stereocenters. The predicted molar refractivity (Wildman–Crippen MR) is 79.8 cm³/mol. The smallest absolute Gasteiger partial charge is 0.307 e. The summed E-state index contributed by atoms with van der Waals surface area (Å²) in [6.45, 7) is 2.82. The van der Waals surface area contributed by atoms with Crippen LogP contribution >= 0.6 is 0 Å². The van der Waals surface area contributed by atoms with Crippen LogP contribution in [0.3, 0.4) is 0 Å². The number of rotatable bonds is 6. The molecule has 1 aliphatic rings. The van der Waals surface area contributed by atoms with Crippen LogP contribution in [0.25, 0.3) is 0 Å². The lowest BCUT2D eigenvalue weighted by Crippen LogP contribution is -2.24. The fourth-order valence-corrected chi connectivity index (χ4v) is 2.78. The Balaban J connectivity index is 1.82. The van der Waals surface area contributed by atoms with Crippen molar-refractivity contribution in [3.63, 3.8) is 0 Å². The van der Waals surface area contributed by atoms with Crippen LogP contribution in [0.4, 0.5) is 0 Å². The van der Waals surface area contributed by atoms with E-state index < -0.39 is 5.97 Å². The van der Waals surface area contributed by atoms with E-state index in [-0.39, 0.29) is 12.3 Å². The van der Waals surface area contributed by atoms with Crippen molar-refractivity contribution >= 4 is 11.9 Å². The van der Waals surface area contributed by atoms with Crippen molar-refractivity contribution in [2.45, 2.75) is 25.8 Å². The first-order valence-corrected chi connectivity index (χ1v) is 7.29. The van der Waals surface area contributed by atoms with E-state index in [0.29, 0.717) is 12.3 Å². The molecule has 1 heterocycles. The van der Waals surface area contributed by atoms with Gasteiger partial charge >= 0.3 is 5.97 Å². The van der Waals surface area contributed by atoms with Crippen molar-refractivity contribution in [2.75, 3.05) is 20.1 Å². The van der Waals surface area contributed by atoms with Gasteiger partial charge in [-0.05, 0) is 30.0 Å². The molecule has 21 heavy (non-hydrogen) atoms. The second-order valence-corrected chi connectivity index (χ2v) is 5.65. The molecule has 1 aromatic rings. The van der Waals surface area contributed by atoms with Crippen molar-refractivity contribution in [1.82, 2.24) is 10.2 Å². The number of carbonyl (C=O) groups is 2. The van der Waals surface area contributed by atoms with Gasteiger partial charge in [0.1, 0.15) is 0 Å². The number of hydrogen-bond donors (Lipinski definition) is 2. The highest BCUT2D eigenvalue weighted by molar-refractivity contribution is 5.75. The van der Waals surface area contributed by atoms with Gasteiger partial charge < -0.3 is 10.4 Å². The minimum atomic E-state index is -0.806. The number of nitrogens with zero attached hydrogens (tertiary/aromatic N) is 1. The summed E-state index contributed by atoms with van der Waals surface area (Å²) in [4.78, 5) is 24.4. The number of benzene rings is 1. The molecule has 114 valence electrons. The fourth-order valence-electron chi connectivity index (χ4n) is 2.78. The second-order valence-electron chi connectivity index (χ2n) is 5.65. The van der Waals surface area contributed by atoms with Crippen LogP contribution in [0, 0.1) is 5.92 Å². The third kappa shape index (κ3) is 4.86. The average Bonchev–Trinajstić information content (AvgIpc) is 2.87. The first-order valence-electron chi connectivity index (χ1n) is 7.29. The fraction of sp³-hybridized carbons (Fsp3) is 0.500. The van der Waals surface area contributed by atoms with E-state index in [2.05, 4.69) is 10.2 Å². The summed E-state index contributed by atoms with van der Waals surface area (Å²) in [6.07, 6.45) is 1.73. The van der Waals surface area contributed by atoms with Crippen molar-refractivity contribution in [3.05, 3.63) is 35.4 Å². The first kappa shape index (κ1) is 15.5. The van der Waals surface area contributed by atoms with Gasteiger partial charge in [0.2, 0.25) is 5.91 Å². The molecule has 5 nitrogen and oxygen atoms in total. The Bertz CT molecular complexity index is 499. The summed E-state index contributed by atoms with van der Waals surface area (Å²) in [5.74, 6) is -0.254. The maximum Gasteiger partial charge on any atom is 0.307 e. The summed E-state index contributed by atoms with van der Waals surface area (Å²) in [7, 11) is 1.67. The van der Waals surface area contributed by atoms with Gasteiger partial charge in [-0.25, -0.2) is 0 Å². The Labute approximate surface area is 125 Å². The molecule has 1 amide bonds. The van der Waals surface area contributed by atoms with Crippen molar-refractivity contribution < 1.29 is 14.7 Å². The van der Waals surface area contributed by atoms with E-state index in [0.717, 1.165) is 31.6 Å². The summed E-state index contributed by atoms with van der Waals surface area (Å²) in [6, 6.07) is 7.73. The number of nitrogens with one attached hydrogen (secondary N) is 1. The Morgan fingerprint density at radius 1 is 1.29 bits per heavy atom. The lowest BCUT2D eigenvalue weighted by Gasteiger charge is -2.16. The molecular weight excluding hydrogens is 268 g/mol. The number of aliphatic carboxylic acids is 1. The van der Waals surface area contributed by atoms with E-state index in [1.165, 1.54) is 5.56 Å². The third-order valence-corrected chi connectivity index (χ3v) is 3.91. The molecule has 1 aliphatic heterocycles. The van der Waals surface area contributed by atoms with Crippen LogP contribution in [0.2, 0.25) is 0 Å². The number of carbonyl (C=O) groups excluding carboxylic acids is 1. The molecule has 0 saturated carbocycles. The Kier molecular flexibility index (Phi) is 5.33. The van der Waals surface area contributed by atoms with Crippen LogP contribution in [-0.2, 0) is 22.6 Å². The largest absolute Gasteiger partial charge is 0.481 e. The maximum absolute atomic E-state index is 11.4. The van der Waals surface area contributed by atoms with Gasteiger partial charge in [0.05, 0.1) is 6.42 Å². The summed E-state index contributed by atoms with van der Waals surface area (Å²) < 4.78 is 0. The minimum absolute atomic E-state index is 0.0677. The lowest BCUT2D eigenvalue weighted by atomic mass is 10.0. The number of carboxylic acids is 1. The van der Waals surface area contributed by atoms with Gasteiger partial charge in [0, 0.05) is 26.6 Å². The number of likely N-dealkylation sites (tertiary alicyclic amines) is 1. The Hall–Kier alpha value is -1.88. The third-order valence-electron chi connectivity index (χ3n) is 3.91. The molecule has 0 aliphatic carbocycles. The van der Waals surface area contributed by atoms with E-state index in [4.69, 9.17) is 5.11 Å². The van der Waals surface area contributed by atoms with Crippen LogP contribution < -0.4 is 5.32 Å². The van der Waals surface area contributed by atoms with Crippen molar-refractivity contribution in [3.8, 4) is 0 Å². The van der Waals surface area contributed by atoms with Gasteiger partial charge in [0.25, 0.3) is 0 Å². The van der Waals surface area contributed by atoms with Gasteiger partial charge in [-0.3, -0.25) is 14.5 Å². The highest BCUT2D eigenvalue weighted by atomic mass is 16.4. The molecule has 5 heteroatoms. The quantitative estimate of drug-likeness (QED) is 0.828. The summed E-state index contributed by atoms with van der Waals surface area (Å²) >= 11 is 0. The van der Waals surface area contributed by atoms with E-state index in [1.54, 1.807) is 7.05 Å². The molecule has 1 atom stereocenters. The van der Waals surface area contributed by atoms with Crippen molar-refractivity contribution in [1.29, 1.82) is 0 Å². The maximum atomic E-state index is 11.4. The van der Waals surface area contributed by atoms with E-state index in [1.807, 2.05) is 24.3 Å². The molecular formula is C16H22N2O3.